The van der Waals surface area contributed by atoms with Gasteiger partial charge in [-0.05, 0) is 56.7 Å². The number of carbonyl (C=O) groups excluding carboxylic acids is 2. The lowest BCUT2D eigenvalue weighted by molar-refractivity contribution is -0.116. The number of furan rings is 1. The lowest BCUT2D eigenvalue weighted by Crippen LogP contribution is -2.38. The average molecular weight is 357 g/mol. The molecular weight excluding hydrogens is 330 g/mol. The van der Waals surface area contributed by atoms with Gasteiger partial charge in [0.2, 0.25) is 5.91 Å². The highest BCUT2D eigenvalue weighted by Gasteiger charge is 2.16. The van der Waals surface area contributed by atoms with Crippen LogP contribution >= 0.6 is 0 Å². The van der Waals surface area contributed by atoms with E-state index in [0.29, 0.717) is 13.1 Å². The maximum Gasteiger partial charge on any atom is 0.287 e. The van der Waals surface area contributed by atoms with E-state index >= 15 is 0 Å². The summed E-state index contributed by atoms with van der Waals surface area (Å²) < 4.78 is 5.06. The van der Waals surface area contributed by atoms with Gasteiger partial charge in [0, 0.05) is 44.5 Å². The van der Waals surface area contributed by atoms with Gasteiger partial charge in [-0.2, -0.15) is 0 Å². The molecule has 6 heteroatoms. The third-order valence-electron chi connectivity index (χ3n) is 4.35. The minimum atomic E-state index is -0.285. The molecule has 1 N–H and O–H groups in total. The number of amides is 2. The molecule has 0 radical (unpaired) electrons. The van der Waals surface area contributed by atoms with E-state index in [9.17, 15) is 9.59 Å². The Balaban J connectivity index is 2.07. The van der Waals surface area contributed by atoms with Crippen LogP contribution in [0.25, 0.3) is 0 Å². The Labute approximate surface area is 154 Å². The first-order chi connectivity index (χ1) is 12.5. The molecule has 0 bridgehead atoms. The van der Waals surface area contributed by atoms with Crippen molar-refractivity contribution in [2.45, 2.75) is 27.7 Å². The van der Waals surface area contributed by atoms with Crippen LogP contribution in [0.5, 0.6) is 0 Å². The van der Waals surface area contributed by atoms with Crippen LogP contribution in [-0.4, -0.2) is 38.0 Å². The van der Waals surface area contributed by atoms with Crippen molar-refractivity contribution in [2.24, 2.45) is 0 Å². The average Bonchev–Trinajstić information content (AvgIpc) is 3.15. The van der Waals surface area contributed by atoms with Gasteiger partial charge in [0.05, 0.1) is 6.26 Å². The van der Waals surface area contributed by atoms with Gasteiger partial charge in [-0.1, -0.05) is 0 Å². The van der Waals surface area contributed by atoms with Gasteiger partial charge in [0.1, 0.15) is 0 Å². The quantitative estimate of drug-likeness (QED) is 0.788. The fourth-order valence-corrected chi connectivity index (χ4v) is 2.95. The van der Waals surface area contributed by atoms with Gasteiger partial charge in [-0.25, -0.2) is 0 Å². The summed E-state index contributed by atoms with van der Waals surface area (Å²) in [6.45, 7) is 10.4. The summed E-state index contributed by atoms with van der Waals surface area (Å²) in [6, 6.07) is 9.37. The second-order valence-corrected chi connectivity index (χ2v) is 6.05. The molecule has 0 saturated heterocycles. The molecule has 0 saturated carbocycles. The fraction of sp³-hybridized carbons (Fsp3) is 0.400. The maximum absolute atomic E-state index is 12.1. The maximum atomic E-state index is 12.1. The van der Waals surface area contributed by atoms with Gasteiger partial charge in [0.25, 0.3) is 5.91 Å². The van der Waals surface area contributed by atoms with Crippen molar-refractivity contribution >= 4 is 23.2 Å². The Morgan fingerprint density at radius 1 is 1.15 bits per heavy atom. The SMILES string of the molecule is CCN(CC)c1ccc(N(CCNC(=O)c2ccco2)C(C)=O)c(C)c1. The van der Waals surface area contributed by atoms with Crippen LogP contribution in [0.2, 0.25) is 0 Å². The smallest absolute Gasteiger partial charge is 0.287 e. The number of aryl methyl sites for hydroxylation is 1. The fourth-order valence-electron chi connectivity index (χ4n) is 2.95. The van der Waals surface area contributed by atoms with E-state index in [1.54, 1.807) is 17.0 Å². The van der Waals surface area contributed by atoms with Crippen LogP contribution in [-0.2, 0) is 4.79 Å². The number of hydrogen-bond donors (Lipinski definition) is 1. The van der Waals surface area contributed by atoms with Gasteiger partial charge in [-0.3, -0.25) is 9.59 Å². The Morgan fingerprint density at radius 3 is 2.42 bits per heavy atom. The Kier molecular flexibility index (Phi) is 6.83. The number of nitrogens with one attached hydrogen (secondary N) is 1. The normalized spacial score (nSPS) is 10.5. The molecule has 0 atom stereocenters. The molecule has 0 fully saturated rings. The van der Waals surface area contributed by atoms with Crippen molar-refractivity contribution in [3.63, 3.8) is 0 Å². The first-order valence-corrected chi connectivity index (χ1v) is 8.93. The van der Waals surface area contributed by atoms with E-state index in [4.69, 9.17) is 4.42 Å². The van der Waals surface area contributed by atoms with Gasteiger partial charge in [0.15, 0.2) is 5.76 Å². The number of carbonyl (C=O) groups is 2. The summed E-state index contributed by atoms with van der Waals surface area (Å²) >= 11 is 0. The Morgan fingerprint density at radius 2 is 1.88 bits per heavy atom. The highest BCUT2D eigenvalue weighted by atomic mass is 16.3. The molecule has 2 amide bonds. The lowest BCUT2D eigenvalue weighted by Gasteiger charge is -2.26. The van der Waals surface area contributed by atoms with Gasteiger partial charge < -0.3 is 19.5 Å². The van der Waals surface area contributed by atoms with E-state index in [-0.39, 0.29) is 17.6 Å². The van der Waals surface area contributed by atoms with Crippen molar-refractivity contribution in [1.29, 1.82) is 0 Å². The molecule has 26 heavy (non-hydrogen) atoms. The monoisotopic (exact) mass is 357 g/mol. The number of nitrogens with zero attached hydrogens (tertiary/aromatic N) is 2. The van der Waals surface area contributed by atoms with Gasteiger partial charge >= 0.3 is 0 Å². The van der Waals surface area contributed by atoms with Crippen LogP contribution in [0.1, 0.15) is 36.9 Å². The number of hydrogen-bond acceptors (Lipinski definition) is 4. The summed E-state index contributed by atoms with van der Waals surface area (Å²) in [5.41, 5.74) is 3.04. The zero-order valence-electron chi connectivity index (χ0n) is 15.9. The summed E-state index contributed by atoms with van der Waals surface area (Å²) in [7, 11) is 0. The highest BCUT2D eigenvalue weighted by Crippen LogP contribution is 2.25. The molecule has 0 unspecified atom stereocenters. The minimum absolute atomic E-state index is 0.0593. The number of anilines is 2. The predicted molar refractivity (Wildman–Crippen MR) is 104 cm³/mol. The van der Waals surface area contributed by atoms with Crippen molar-refractivity contribution in [2.75, 3.05) is 36.0 Å². The standard InChI is InChI=1S/C20H27N3O3/c1-5-22(6-2)17-9-10-18(15(3)14-17)23(16(4)24)12-11-21-20(25)19-8-7-13-26-19/h7-10,13-14H,5-6,11-12H2,1-4H3,(H,21,25). The largest absolute Gasteiger partial charge is 0.459 e. The van der Waals surface area contributed by atoms with Crippen LogP contribution < -0.4 is 15.1 Å². The first-order valence-electron chi connectivity index (χ1n) is 8.93. The summed E-state index contributed by atoms with van der Waals surface area (Å²) in [5, 5.41) is 2.77. The zero-order valence-corrected chi connectivity index (χ0v) is 15.9. The molecule has 2 rings (SSSR count). The molecule has 1 aromatic heterocycles. The molecular formula is C20H27N3O3. The van der Waals surface area contributed by atoms with Crippen LogP contribution in [0, 0.1) is 6.92 Å². The third-order valence-corrected chi connectivity index (χ3v) is 4.35. The van der Waals surface area contributed by atoms with E-state index in [2.05, 4.69) is 30.1 Å². The van der Waals surface area contributed by atoms with E-state index < -0.39 is 0 Å². The Bertz CT molecular complexity index is 737. The topological polar surface area (TPSA) is 65.8 Å². The number of rotatable bonds is 8. The molecule has 0 aliphatic carbocycles. The van der Waals surface area contributed by atoms with Crippen molar-refractivity contribution in [1.82, 2.24) is 5.32 Å². The molecule has 1 aromatic carbocycles. The Hall–Kier alpha value is -2.76. The first kappa shape index (κ1) is 19.6. The van der Waals surface area contributed by atoms with Crippen molar-refractivity contribution in [3.8, 4) is 0 Å². The van der Waals surface area contributed by atoms with E-state index in [1.165, 1.54) is 13.2 Å². The summed E-state index contributed by atoms with van der Waals surface area (Å²) in [5.74, 6) is -0.0813. The minimum Gasteiger partial charge on any atom is -0.459 e. The lowest BCUT2D eigenvalue weighted by atomic mass is 10.1. The van der Waals surface area contributed by atoms with Crippen molar-refractivity contribution < 1.29 is 14.0 Å². The molecule has 0 aliphatic heterocycles. The molecule has 0 spiro atoms. The van der Waals surface area contributed by atoms with Crippen LogP contribution in [0.15, 0.2) is 41.0 Å². The van der Waals surface area contributed by atoms with E-state index in [0.717, 1.165) is 30.0 Å². The molecule has 6 nitrogen and oxygen atoms in total. The summed E-state index contributed by atoms with van der Waals surface area (Å²) in [4.78, 5) is 28.0. The third kappa shape index (κ3) is 4.65. The zero-order chi connectivity index (χ0) is 19.1. The highest BCUT2D eigenvalue weighted by molar-refractivity contribution is 5.93. The molecule has 140 valence electrons. The van der Waals surface area contributed by atoms with E-state index in [1.807, 2.05) is 19.1 Å². The second kappa shape index (κ2) is 9.08. The molecule has 1 heterocycles. The van der Waals surface area contributed by atoms with Crippen LogP contribution in [0.3, 0.4) is 0 Å². The number of benzene rings is 1. The predicted octanol–water partition coefficient (Wildman–Crippen LogP) is 3.22. The molecule has 2 aromatic rings. The molecule has 0 aliphatic rings. The van der Waals surface area contributed by atoms with Crippen LogP contribution in [0.4, 0.5) is 11.4 Å². The second-order valence-electron chi connectivity index (χ2n) is 6.05. The van der Waals surface area contributed by atoms with Gasteiger partial charge in [-0.15, -0.1) is 0 Å². The summed E-state index contributed by atoms with van der Waals surface area (Å²) in [6.07, 6.45) is 1.46. The van der Waals surface area contributed by atoms with Crippen molar-refractivity contribution in [3.05, 3.63) is 47.9 Å².